The molecule has 0 aliphatic heterocycles. The van der Waals surface area contributed by atoms with Crippen LogP contribution in [0.1, 0.15) is 10.5 Å². The Morgan fingerprint density at radius 1 is 1.17 bits per heavy atom. The van der Waals surface area contributed by atoms with Crippen LogP contribution in [0.3, 0.4) is 0 Å². The first-order valence-electron chi connectivity index (χ1n) is 5.35. The quantitative estimate of drug-likeness (QED) is 0.684. The first kappa shape index (κ1) is 11.1. The van der Waals surface area contributed by atoms with Crippen LogP contribution in [0.5, 0.6) is 0 Å². The molecule has 18 heavy (non-hydrogen) atoms. The van der Waals surface area contributed by atoms with Crippen LogP contribution in [-0.4, -0.2) is 20.9 Å². The van der Waals surface area contributed by atoms with Crippen LogP contribution in [0, 0.1) is 0 Å². The first-order chi connectivity index (χ1) is 8.78. The molecule has 5 heteroatoms. The van der Waals surface area contributed by atoms with Gasteiger partial charge in [-0.2, -0.15) is 0 Å². The summed E-state index contributed by atoms with van der Waals surface area (Å²) in [4.78, 5) is 15.3. The fraction of sp³-hybridized carbons (Fsp3) is 0. The summed E-state index contributed by atoms with van der Waals surface area (Å²) in [5, 5.41) is 4.35. The number of carbonyl (C=O) groups is 1. The Balaban J connectivity index is 2.22. The number of benzene rings is 1. The summed E-state index contributed by atoms with van der Waals surface area (Å²) in [7, 11) is 0. The summed E-state index contributed by atoms with van der Waals surface area (Å²) in [6.45, 7) is 0. The average molecular weight is 302 g/mol. The first-order valence-corrected chi connectivity index (χ1v) is 6.14. The van der Waals surface area contributed by atoms with Gasteiger partial charge in [0.1, 0.15) is 5.69 Å². The lowest BCUT2D eigenvalue weighted by atomic mass is 10.2. The highest BCUT2D eigenvalue weighted by Crippen LogP contribution is 2.20. The van der Waals surface area contributed by atoms with Crippen molar-refractivity contribution in [2.75, 3.05) is 0 Å². The highest BCUT2D eigenvalue weighted by Gasteiger charge is 2.08. The van der Waals surface area contributed by atoms with Crippen molar-refractivity contribution in [3.8, 4) is 11.4 Å². The zero-order valence-corrected chi connectivity index (χ0v) is 10.8. The molecule has 0 bridgehead atoms. The lowest BCUT2D eigenvalue weighted by molar-refractivity contribution is 0.111. The van der Waals surface area contributed by atoms with Gasteiger partial charge in [-0.1, -0.05) is 34.1 Å². The minimum Gasteiger partial charge on any atom is -0.296 e. The second-order valence-corrected chi connectivity index (χ2v) is 4.70. The lowest BCUT2D eigenvalue weighted by Gasteiger charge is -1.95. The lowest BCUT2D eigenvalue weighted by Crippen LogP contribution is -1.96. The maximum Gasteiger partial charge on any atom is 0.182 e. The number of aromatic nitrogens is 3. The van der Waals surface area contributed by atoms with Gasteiger partial charge >= 0.3 is 0 Å². The van der Waals surface area contributed by atoms with Crippen molar-refractivity contribution in [3.63, 3.8) is 0 Å². The second kappa shape index (κ2) is 4.34. The Morgan fingerprint density at radius 3 is 2.78 bits per heavy atom. The number of hydrogen-bond donors (Lipinski definition) is 0. The average Bonchev–Trinajstić information content (AvgIpc) is 2.82. The van der Waals surface area contributed by atoms with Crippen LogP contribution in [0.2, 0.25) is 0 Å². The van der Waals surface area contributed by atoms with Gasteiger partial charge < -0.3 is 0 Å². The van der Waals surface area contributed by atoms with Crippen LogP contribution >= 0.6 is 15.9 Å². The van der Waals surface area contributed by atoms with E-state index in [9.17, 15) is 4.79 Å². The maximum absolute atomic E-state index is 10.9. The van der Waals surface area contributed by atoms with E-state index in [1.165, 1.54) is 0 Å². The normalized spacial score (nSPS) is 10.7. The number of pyridine rings is 1. The predicted molar refractivity (Wildman–Crippen MR) is 71.5 cm³/mol. The van der Waals surface area contributed by atoms with E-state index in [1.807, 2.05) is 30.3 Å². The van der Waals surface area contributed by atoms with E-state index in [1.54, 1.807) is 16.6 Å². The molecule has 2 aromatic heterocycles. The molecule has 2 heterocycles. The standard InChI is InChI=1S/C13H8BrN3O/c14-10-4-1-3-9(7-10)13-15-12-6-2-5-11(8-18)17(12)16-13/h1-8H. The second-order valence-electron chi connectivity index (χ2n) is 3.78. The number of rotatable bonds is 2. The van der Waals surface area contributed by atoms with Gasteiger partial charge in [0.2, 0.25) is 0 Å². The number of aldehydes is 1. The molecule has 1 aromatic carbocycles. The molecule has 0 fully saturated rings. The van der Waals surface area contributed by atoms with E-state index in [4.69, 9.17) is 0 Å². The zero-order valence-electron chi connectivity index (χ0n) is 9.25. The number of halogens is 1. The SMILES string of the molecule is O=Cc1cccc2nc(-c3cccc(Br)c3)nn12. The van der Waals surface area contributed by atoms with Gasteiger partial charge in [-0.25, -0.2) is 9.50 Å². The van der Waals surface area contributed by atoms with Gasteiger partial charge in [-0.15, -0.1) is 5.10 Å². The summed E-state index contributed by atoms with van der Waals surface area (Å²) in [6, 6.07) is 13.1. The third kappa shape index (κ3) is 1.82. The molecule has 0 atom stereocenters. The molecule has 4 nitrogen and oxygen atoms in total. The van der Waals surface area contributed by atoms with E-state index in [-0.39, 0.29) is 0 Å². The van der Waals surface area contributed by atoms with E-state index in [0.717, 1.165) is 16.3 Å². The van der Waals surface area contributed by atoms with Crippen molar-refractivity contribution in [1.82, 2.24) is 14.6 Å². The largest absolute Gasteiger partial charge is 0.296 e. The van der Waals surface area contributed by atoms with Gasteiger partial charge in [0.15, 0.2) is 17.8 Å². The van der Waals surface area contributed by atoms with Crippen molar-refractivity contribution in [2.45, 2.75) is 0 Å². The Morgan fingerprint density at radius 2 is 2.00 bits per heavy atom. The van der Waals surface area contributed by atoms with Gasteiger partial charge in [-0.3, -0.25) is 4.79 Å². The van der Waals surface area contributed by atoms with Crippen molar-refractivity contribution in [2.24, 2.45) is 0 Å². The van der Waals surface area contributed by atoms with E-state index in [2.05, 4.69) is 26.0 Å². The van der Waals surface area contributed by atoms with Crippen LogP contribution in [0.25, 0.3) is 17.0 Å². The van der Waals surface area contributed by atoms with Crippen LogP contribution < -0.4 is 0 Å². The van der Waals surface area contributed by atoms with Crippen LogP contribution in [0.4, 0.5) is 0 Å². The molecule has 0 N–H and O–H groups in total. The molecule has 88 valence electrons. The fourth-order valence-corrected chi connectivity index (χ4v) is 2.16. The zero-order chi connectivity index (χ0) is 12.5. The Kier molecular flexibility index (Phi) is 2.68. The summed E-state index contributed by atoms with van der Waals surface area (Å²) in [5.74, 6) is 0.602. The van der Waals surface area contributed by atoms with Gasteiger partial charge in [0, 0.05) is 10.0 Å². The highest BCUT2D eigenvalue weighted by molar-refractivity contribution is 9.10. The molecule has 3 aromatic rings. The van der Waals surface area contributed by atoms with E-state index < -0.39 is 0 Å². The number of hydrogen-bond acceptors (Lipinski definition) is 3. The minimum atomic E-state index is 0.487. The van der Waals surface area contributed by atoms with Crippen LogP contribution in [0.15, 0.2) is 46.9 Å². The molecule has 0 spiro atoms. The summed E-state index contributed by atoms with van der Waals surface area (Å²) in [6.07, 6.45) is 0.770. The Bertz CT molecular complexity index is 736. The monoisotopic (exact) mass is 301 g/mol. The van der Waals surface area contributed by atoms with E-state index in [0.29, 0.717) is 17.2 Å². The third-order valence-electron chi connectivity index (χ3n) is 2.59. The predicted octanol–water partition coefficient (Wildman–Crippen LogP) is 2.97. The third-order valence-corrected chi connectivity index (χ3v) is 3.09. The molecule has 0 aliphatic carbocycles. The molecule has 0 amide bonds. The van der Waals surface area contributed by atoms with E-state index >= 15 is 0 Å². The highest BCUT2D eigenvalue weighted by atomic mass is 79.9. The van der Waals surface area contributed by atoms with Crippen molar-refractivity contribution in [3.05, 3.63) is 52.6 Å². The maximum atomic E-state index is 10.9. The number of fused-ring (bicyclic) bond motifs is 1. The summed E-state index contributed by atoms with van der Waals surface area (Å²) in [5.41, 5.74) is 2.06. The van der Waals surface area contributed by atoms with Gasteiger partial charge in [0.05, 0.1) is 0 Å². The van der Waals surface area contributed by atoms with Crippen LogP contribution in [-0.2, 0) is 0 Å². The molecule has 0 radical (unpaired) electrons. The summed E-state index contributed by atoms with van der Waals surface area (Å²) < 4.78 is 2.51. The Hall–Kier alpha value is -2.01. The van der Waals surface area contributed by atoms with Gasteiger partial charge in [-0.05, 0) is 24.3 Å². The molecule has 0 unspecified atom stereocenters. The number of carbonyl (C=O) groups excluding carboxylic acids is 1. The molecule has 3 rings (SSSR count). The molecule has 0 aliphatic rings. The smallest absolute Gasteiger partial charge is 0.182 e. The van der Waals surface area contributed by atoms with Crippen molar-refractivity contribution in [1.29, 1.82) is 0 Å². The molecular weight excluding hydrogens is 294 g/mol. The number of nitrogens with zero attached hydrogens (tertiary/aromatic N) is 3. The Labute approximate surface area is 111 Å². The molecule has 0 saturated heterocycles. The minimum absolute atomic E-state index is 0.487. The summed E-state index contributed by atoms with van der Waals surface area (Å²) >= 11 is 3.41. The molecule has 0 saturated carbocycles. The molecular formula is C13H8BrN3O. The van der Waals surface area contributed by atoms with Crippen molar-refractivity contribution >= 4 is 27.9 Å². The van der Waals surface area contributed by atoms with Gasteiger partial charge in [0.25, 0.3) is 0 Å². The topological polar surface area (TPSA) is 47.3 Å². The fourth-order valence-electron chi connectivity index (χ4n) is 1.76. The van der Waals surface area contributed by atoms with Crippen molar-refractivity contribution < 1.29 is 4.79 Å².